The molecule has 84 valence electrons. The summed E-state index contributed by atoms with van der Waals surface area (Å²) in [5, 5.41) is 3.01. The number of ether oxygens (including phenoxy) is 1. The van der Waals surface area contributed by atoms with Gasteiger partial charge in [-0.15, -0.1) is 17.0 Å². The molecule has 1 aromatic carbocycles. The van der Waals surface area contributed by atoms with Crippen molar-refractivity contribution in [3.8, 4) is 0 Å². The maximum absolute atomic E-state index is 10.9. The monoisotopic (exact) mass is 273 g/mol. The smallest absolute Gasteiger partial charge is 0.319 e. The molecule has 1 aromatic rings. The summed E-state index contributed by atoms with van der Waals surface area (Å²) in [6, 6.07) is 9.94. The molecule has 0 aliphatic carbocycles. The molecule has 15 heavy (non-hydrogen) atoms. The van der Waals surface area contributed by atoms with Gasteiger partial charge in [0.25, 0.3) is 0 Å². The fourth-order valence-corrected chi connectivity index (χ4v) is 1.12. The number of hydrogen-bond acceptors (Lipinski definition) is 3. The second kappa shape index (κ2) is 8.44. The Kier molecular flexibility index (Phi) is 7.95. The van der Waals surface area contributed by atoms with Gasteiger partial charge in [-0.05, 0) is 12.5 Å². The molecular formula is C11H16BrNO2. The third-order valence-electron chi connectivity index (χ3n) is 1.75. The largest absolute Gasteiger partial charge is 0.465 e. The molecule has 0 spiro atoms. The molecule has 4 heteroatoms. The van der Waals surface area contributed by atoms with Crippen molar-refractivity contribution in [3.05, 3.63) is 35.9 Å². The normalized spacial score (nSPS) is 9.13. The van der Waals surface area contributed by atoms with E-state index >= 15 is 0 Å². The Morgan fingerprint density at radius 3 is 2.60 bits per heavy atom. The summed E-state index contributed by atoms with van der Waals surface area (Å²) < 4.78 is 4.78. The zero-order chi connectivity index (χ0) is 10.2. The molecule has 0 radical (unpaired) electrons. The molecule has 1 N–H and O–H groups in total. The van der Waals surface area contributed by atoms with Gasteiger partial charge in [-0.2, -0.15) is 0 Å². The average Bonchev–Trinajstić information content (AvgIpc) is 2.20. The van der Waals surface area contributed by atoms with Gasteiger partial charge in [0.2, 0.25) is 0 Å². The maximum Gasteiger partial charge on any atom is 0.319 e. The van der Waals surface area contributed by atoms with E-state index in [9.17, 15) is 4.79 Å². The molecule has 0 amide bonds. The summed E-state index contributed by atoms with van der Waals surface area (Å²) in [6.45, 7) is 3.20. The van der Waals surface area contributed by atoms with E-state index in [2.05, 4.69) is 5.32 Å². The lowest BCUT2D eigenvalue weighted by Gasteiger charge is -2.04. The van der Waals surface area contributed by atoms with Crippen LogP contribution in [0.25, 0.3) is 0 Å². The Balaban J connectivity index is 0.00000196. The van der Waals surface area contributed by atoms with Gasteiger partial charge in [0.15, 0.2) is 0 Å². The number of halogens is 1. The lowest BCUT2D eigenvalue weighted by Crippen LogP contribution is -2.24. The quantitative estimate of drug-likeness (QED) is 0.834. The second-order valence-corrected chi connectivity index (χ2v) is 2.89. The van der Waals surface area contributed by atoms with Crippen LogP contribution in [0.15, 0.2) is 30.3 Å². The SMILES string of the molecule is Br.CCOC(=O)CNCc1ccccc1. The molecule has 0 aromatic heterocycles. The zero-order valence-corrected chi connectivity index (χ0v) is 10.4. The van der Waals surface area contributed by atoms with Crippen molar-refractivity contribution < 1.29 is 9.53 Å². The van der Waals surface area contributed by atoms with Gasteiger partial charge in [0.05, 0.1) is 13.2 Å². The zero-order valence-electron chi connectivity index (χ0n) is 8.73. The van der Waals surface area contributed by atoms with Crippen LogP contribution in [0, 0.1) is 0 Å². The maximum atomic E-state index is 10.9. The van der Waals surface area contributed by atoms with Crippen LogP contribution in [0.3, 0.4) is 0 Å². The number of hydrogen-bond donors (Lipinski definition) is 1. The standard InChI is InChI=1S/C11H15NO2.BrH/c1-2-14-11(13)9-12-8-10-6-4-3-5-7-10;/h3-7,12H,2,8-9H2,1H3;1H. The van der Waals surface area contributed by atoms with Crippen LogP contribution in [0.5, 0.6) is 0 Å². The first kappa shape index (κ1) is 14.1. The van der Waals surface area contributed by atoms with E-state index in [1.807, 2.05) is 30.3 Å². The highest BCUT2D eigenvalue weighted by atomic mass is 79.9. The van der Waals surface area contributed by atoms with E-state index in [-0.39, 0.29) is 29.5 Å². The lowest BCUT2D eigenvalue weighted by molar-refractivity contribution is -0.142. The van der Waals surface area contributed by atoms with E-state index in [4.69, 9.17) is 4.74 Å². The van der Waals surface area contributed by atoms with Gasteiger partial charge < -0.3 is 10.1 Å². The number of nitrogens with one attached hydrogen (secondary N) is 1. The van der Waals surface area contributed by atoms with Crippen LogP contribution in [0.2, 0.25) is 0 Å². The van der Waals surface area contributed by atoms with Crippen LogP contribution in [-0.2, 0) is 16.1 Å². The van der Waals surface area contributed by atoms with Crippen molar-refractivity contribution in [2.45, 2.75) is 13.5 Å². The number of rotatable bonds is 5. The van der Waals surface area contributed by atoms with E-state index in [0.717, 1.165) is 5.56 Å². The summed E-state index contributed by atoms with van der Waals surface area (Å²) >= 11 is 0. The van der Waals surface area contributed by atoms with E-state index in [1.165, 1.54) is 0 Å². The number of carbonyl (C=O) groups excluding carboxylic acids is 1. The molecule has 0 heterocycles. The number of benzene rings is 1. The van der Waals surface area contributed by atoms with Gasteiger partial charge in [0.1, 0.15) is 0 Å². The average molecular weight is 274 g/mol. The third-order valence-corrected chi connectivity index (χ3v) is 1.75. The molecule has 0 fully saturated rings. The Morgan fingerprint density at radius 1 is 1.33 bits per heavy atom. The lowest BCUT2D eigenvalue weighted by atomic mass is 10.2. The summed E-state index contributed by atoms with van der Waals surface area (Å²) in [5.74, 6) is -0.205. The van der Waals surface area contributed by atoms with Crippen LogP contribution < -0.4 is 5.32 Å². The third kappa shape index (κ3) is 6.25. The molecule has 0 saturated carbocycles. The van der Waals surface area contributed by atoms with Crippen LogP contribution in [-0.4, -0.2) is 19.1 Å². The van der Waals surface area contributed by atoms with Crippen molar-refractivity contribution in [3.63, 3.8) is 0 Å². The molecule has 0 unspecified atom stereocenters. The summed E-state index contributed by atoms with van der Waals surface area (Å²) in [6.07, 6.45) is 0. The highest BCUT2D eigenvalue weighted by Crippen LogP contribution is 1.96. The topological polar surface area (TPSA) is 38.3 Å². The minimum atomic E-state index is -0.205. The summed E-state index contributed by atoms with van der Waals surface area (Å²) in [5.41, 5.74) is 1.16. The summed E-state index contributed by atoms with van der Waals surface area (Å²) in [4.78, 5) is 10.9. The first-order valence-electron chi connectivity index (χ1n) is 4.73. The molecule has 0 atom stereocenters. The molecular weight excluding hydrogens is 258 g/mol. The van der Waals surface area contributed by atoms with Crippen LogP contribution in [0.1, 0.15) is 12.5 Å². The predicted molar refractivity (Wildman–Crippen MR) is 65.1 cm³/mol. The second-order valence-electron chi connectivity index (χ2n) is 2.89. The van der Waals surface area contributed by atoms with Gasteiger partial charge in [-0.25, -0.2) is 0 Å². The molecule has 0 aliphatic heterocycles. The first-order chi connectivity index (χ1) is 6.83. The Morgan fingerprint density at radius 2 is 2.00 bits per heavy atom. The van der Waals surface area contributed by atoms with Gasteiger partial charge in [-0.3, -0.25) is 4.79 Å². The van der Waals surface area contributed by atoms with E-state index in [0.29, 0.717) is 13.2 Å². The Hall–Kier alpha value is -0.870. The highest BCUT2D eigenvalue weighted by molar-refractivity contribution is 8.93. The fourth-order valence-electron chi connectivity index (χ4n) is 1.12. The number of carbonyl (C=O) groups is 1. The van der Waals surface area contributed by atoms with E-state index < -0.39 is 0 Å². The minimum absolute atomic E-state index is 0. The fraction of sp³-hybridized carbons (Fsp3) is 0.364. The van der Waals surface area contributed by atoms with E-state index in [1.54, 1.807) is 6.92 Å². The highest BCUT2D eigenvalue weighted by Gasteiger charge is 1.99. The molecule has 0 bridgehead atoms. The number of esters is 1. The van der Waals surface area contributed by atoms with Crippen LogP contribution in [0.4, 0.5) is 0 Å². The Labute approximate surface area is 101 Å². The van der Waals surface area contributed by atoms with Crippen molar-refractivity contribution in [1.29, 1.82) is 0 Å². The summed E-state index contributed by atoms with van der Waals surface area (Å²) in [7, 11) is 0. The molecule has 1 rings (SSSR count). The molecule has 0 aliphatic rings. The molecule has 0 saturated heterocycles. The van der Waals surface area contributed by atoms with Crippen molar-refractivity contribution in [1.82, 2.24) is 5.32 Å². The van der Waals surface area contributed by atoms with Crippen molar-refractivity contribution in [2.75, 3.05) is 13.2 Å². The van der Waals surface area contributed by atoms with Gasteiger partial charge in [0, 0.05) is 6.54 Å². The minimum Gasteiger partial charge on any atom is -0.465 e. The predicted octanol–water partition coefficient (Wildman–Crippen LogP) is 1.92. The van der Waals surface area contributed by atoms with Crippen molar-refractivity contribution >= 4 is 23.0 Å². The molecule has 3 nitrogen and oxygen atoms in total. The van der Waals surface area contributed by atoms with Crippen LogP contribution >= 0.6 is 17.0 Å². The Bertz CT molecular complexity index is 277. The van der Waals surface area contributed by atoms with Gasteiger partial charge in [-0.1, -0.05) is 30.3 Å². The van der Waals surface area contributed by atoms with Crippen molar-refractivity contribution in [2.24, 2.45) is 0 Å². The van der Waals surface area contributed by atoms with Gasteiger partial charge >= 0.3 is 5.97 Å². The first-order valence-corrected chi connectivity index (χ1v) is 4.73.